The minimum atomic E-state index is -1.37. The van der Waals surface area contributed by atoms with Crippen molar-refractivity contribution in [1.29, 1.82) is 0 Å². The Morgan fingerprint density at radius 3 is 2.40 bits per heavy atom. The Morgan fingerprint density at radius 1 is 1.00 bits per heavy atom. The van der Waals surface area contributed by atoms with Gasteiger partial charge in [-0.15, -0.1) is 0 Å². The van der Waals surface area contributed by atoms with E-state index in [4.69, 9.17) is 13.6 Å². The van der Waals surface area contributed by atoms with Gasteiger partial charge in [0.15, 0.2) is 0 Å². The number of rotatable bonds is 11. The first kappa shape index (κ1) is 16.5. The Kier molecular flexibility index (Phi) is 7.56. The first-order valence-corrected chi connectivity index (χ1v) is 10.5. The highest BCUT2D eigenvalue weighted by atomic mass is 28.3. The summed E-state index contributed by atoms with van der Waals surface area (Å²) in [5.74, 6) is 0.923. The summed E-state index contributed by atoms with van der Waals surface area (Å²) < 4.78 is 17.4. The zero-order valence-corrected chi connectivity index (χ0v) is 14.5. The molecule has 3 atom stereocenters. The number of ether oxygens (including phenoxy) is 1. The van der Waals surface area contributed by atoms with Gasteiger partial charge >= 0.3 is 9.28 Å². The molecule has 3 nitrogen and oxygen atoms in total. The summed E-state index contributed by atoms with van der Waals surface area (Å²) in [4.78, 5) is 0. The van der Waals surface area contributed by atoms with Crippen molar-refractivity contribution >= 4 is 9.28 Å². The van der Waals surface area contributed by atoms with E-state index in [-0.39, 0.29) is 0 Å². The molecule has 0 aromatic carbocycles. The van der Waals surface area contributed by atoms with Crippen LogP contribution in [-0.2, 0) is 13.6 Å². The van der Waals surface area contributed by atoms with Crippen LogP contribution in [0.25, 0.3) is 0 Å². The second kappa shape index (κ2) is 9.18. The van der Waals surface area contributed by atoms with Crippen molar-refractivity contribution in [2.75, 3.05) is 13.2 Å². The molecule has 0 aromatic heterocycles. The Labute approximate surface area is 126 Å². The molecule has 118 valence electrons. The highest BCUT2D eigenvalue weighted by Gasteiger charge is 2.43. The molecule has 0 radical (unpaired) electrons. The zero-order chi connectivity index (χ0) is 14.2. The normalized spacial score (nSPS) is 28.6. The number of hydrogen-bond donors (Lipinski definition) is 0. The van der Waals surface area contributed by atoms with E-state index in [0.29, 0.717) is 12.2 Å². The van der Waals surface area contributed by atoms with Crippen LogP contribution >= 0.6 is 0 Å². The van der Waals surface area contributed by atoms with Gasteiger partial charge in [0.2, 0.25) is 0 Å². The van der Waals surface area contributed by atoms with Crippen LogP contribution in [0.2, 0.25) is 6.04 Å². The van der Waals surface area contributed by atoms with E-state index >= 15 is 0 Å². The highest BCUT2D eigenvalue weighted by molar-refractivity contribution is 6.44. The summed E-state index contributed by atoms with van der Waals surface area (Å²) in [7, 11) is -1.37. The number of unbranched alkanes of at least 4 members (excludes halogenated alkanes) is 1. The van der Waals surface area contributed by atoms with E-state index in [1.165, 1.54) is 44.6 Å². The average molecular weight is 301 g/mol. The molecule has 1 aliphatic heterocycles. The SMILES string of the molecule is CCCO[SiH](CCCCC1CCC2OC2C1)OCCC. The van der Waals surface area contributed by atoms with Gasteiger partial charge in [-0.25, -0.2) is 0 Å². The number of fused-ring (bicyclic) bond motifs is 1. The quantitative estimate of drug-likeness (QED) is 0.330. The average Bonchev–Trinajstić information content (AvgIpc) is 3.24. The van der Waals surface area contributed by atoms with E-state index in [2.05, 4.69) is 13.8 Å². The summed E-state index contributed by atoms with van der Waals surface area (Å²) in [6, 6.07) is 1.19. The van der Waals surface area contributed by atoms with Crippen molar-refractivity contribution in [3.8, 4) is 0 Å². The topological polar surface area (TPSA) is 31.0 Å². The summed E-state index contributed by atoms with van der Waals surface area (Å²) >= 11 is 0. The maximum atomic E-state index is 5.91. The van der Waals surface area contributed by atoms with Crippen molar-refractivity contribution in [3.63, 3.8) is 0 Å². The van der Waals surface area contributed by atoms with Crippen LogP contribution in [0.1, 0.15) is 65.2 Å². The standard InChI is InChI=1S/C16H32O3Si/c1-3-10-17-20(18-11-4-2)12-6-5-7-14-8-9-15-16(13-14)19-15/h14-16,20H,3-13H2,1-2H3. The molecule has 0 aromatic rings. The van der Waals surface area contributed by atoms with E-state index in [1.54, 1.807) is 0 Å². The monoisotopic (exact) mass is 300 g/mol. The Balaban J connectivity index is 1.52. The lowest BCUT2D eigenvalue weighted by molar-refractivity contribution is 0.195. The fourth-order valence-electron chi connectivity index (χ4n) is 3.21. The molecule has 0 spiro atoms. The van der Waals surface area contributed by atoms with Crippen LogP contribution in [0.3, 0.4) is 0 Å². The van der Waals surface area contributed by atoms with Gasteiger partial charge in [-0.2, -0.15) is 0 Å². The second-order valence-electron chi connectivity index (χ2n) is 6.35. The first-order valence-electron chi connectivity index (χ1n) is 8.72. The molecule has 1 saturated heterocycles. The third-order valence-corrected chi connectivity index (χ3v) is 6.53. The predicted molar refractivity (Wildman–Crippen MR) is 84.3 cm³/mol. The number of epoxide rings is 1. The molecular formula is C16H32O3Si. The van der Waals surface area contributed by atoms with Gasteiger partial charge < -0.3 is 13.6 Å². The lowest BCUT2D eigenvalue weighted by Gasteiger charge is -2.19. The smallest absolute Gasteiger partial charge is 0.321 e. The van der Waals surface area contributed by atoms with Crippen molar-refractivity contribution in [3.05, 3.63) is 0 Å². The van der Waals surface area contributed by atoms with Gasteiger partial charge in [-0.3, -0.25) is 0 Å². The van der Waals surface area contributed by atoms with Gasteiger partial charge in [-0.1, -0.05) is 33.1 Å². The van der Waals surface area contributed by atoms with Crippen molar-refractivity contribution in [2.45, 2.75) is 83.5 Å². The van der Waals surface area contributed by atoms with Crippen LogP contribution in [-0.4, -0.2) is 34.7 Å². The molecule has 0 bridgehead atoms. The largest absolute Gasteiger partial charge is 0.397 e. The molecule has 1 heterocycles. The lowest BCUT2D eigenvalue weighted by Crippen LogP contribution is -2.23. The molecule has 3 unspecified atom stereocenters. The van der Waals surface area contributed by atoms with Crippen LogP contribution in [0.15, 0.2) is 0 Å². The lowest BCUT2D eigenvalue weighted by atomic mass is 9.86. The van der Waals surface area contributed by atoms with Gasteiger partial charge in [0.25, 0.3) is 0 Å². The molecule has 2 rings (SSSR count). The fourth-order valence-corrected chi connectivity index (χ4v) is 5.26. The van der Waals surface area contributed by atoms with Crippen molar-refractivity contribution in [1.82, 2.24) is 0 Å². The second-order valence-corrected chi connectivity index (χ2v) is 8.45. The van der Waals surface area contributed by atoms with Gasteiger partial charge in [-0.05, 0) is 44.1 Å². The van der Waals surface area contributed by atoms with Gasteiger partial charge in [0.1, 0.15) is 0 Å². The predicted octanol–water partition coefficient (Wildman–Crippen LogP) is 3.80. The Morgan fingerprint density at radius 2 is 1.75 bits per heavy atom. The zero-order valence-electron chi connectivity index (χ0n) is 13.3. The van der Waals surface area contributed by atoms with Gasteiger partial charge in [0, 0.05) is 13.2 Å². The van der Waals surface area contributed by atoms with Crippen LogP contribution in [0.4, 0.5) is 0 Å². The first-order chi connectivity index (χ1) is 9.83. The van der Waals surface area contributed by atoms with Crippen LogP contribution < -0.4 is 0 Å². The van der Waals surface area contributed by atoms with E-state index in [1.807, 2.05) is 0 Å². The molecule has 0 N–H and O–H groups in total. The molecule has 2 aliphatic rings. The molecule has 20 heavy (non-hydrogen) atoms. The molecule has 4 heteroatoms. The summed E-state index contributed by atoms with van der Waals surface area (Å²) in [6.45, 7) is 6.09. The Hall–Kier alpha value is 0.0969. The van der Waals surface area contributed by atoms with Crippen molar-refractivity contribution < 1.29 is 13.6 Å². The third-order valence-electron chi connectivity index (χ3n) is 4.43. The third kappa shape index (κ3) is 5.84. The van der Waals surface area contributed by atoms with Gasteiger partial charge in [0.05, 0.1) is 12.2 Å². The van der Waals surface area contributed by atoms with E-state index in [0.717, 1.165) is 32.0 Å². The highest BCUT2D eigenvalue weighted by Crippen LogP contribution is 2.41. The number of hydrogen-bond acceptors (Lipinski definition) is 3. The van der Waals surface area contributed by atoms with Crippen LogP contribution in [0.5, 0.6) is 0 Å². The maximum Gasteiger partial charge on any atom is 0.321 e. The summed E-state index contributed by atoms with van der Waals surface area (Å²) in [5.41, 5.74) is 0. The Bertz CT molecular complexity index is 254. The van der Waals surface area contributed by atoms with E-state index in [9.17, 15) is 0 Å². The molecule has 1 aliphatic carbocycles. The molecule has 0 amide bonds. The van der Waals surface area contributed by atoms with Crippen LogP contribution in [0, 0.1) is 5.92 Å². The summed E-state index contributed by atoms with van der Waals surface area (Å²) in [6.07, 6.45) is 11.5. The summed E-state index contributed by atoms with van der Waals surface area (Å²) in [5, 5.41) is 0. The molecular weight excluding hydrogens is 268 g/mol. The molecule has 1 saturated carbocycles. The minimum absolute atomic E-state index is 0.636. The minimum Gasteiger partial charge on any atom is -0.397 e. The molecule has 2 fully saturated rings. The fraction of sp³-hybridized carbons (Fsp3) is 1.00. The van der Waals surface area contributed by atoms with E-state index < -0.39 is 9.28 Å². The van der Waals surface area contributed by atoms with Crippen molar-refractivity contribution in [2.24, 2.45) is 5.92 Å². The maximum absolute atomic E-state index is 5.91.